The van der Waals surface area contributed by atoms with Gasteiger partial charge in [-0.3, -0.25) is 4.79 Å². The van der Waals surface area contributed by atoms with E-state index in [4.69, 9.17) is 0 Å². The van der Waals surface area contributed by atoms with Gasteiger partial charge in [0.25, 0.3) is 0 Å². The van der Waals surface area contributed by atoms with Crippen molar-refractivity contribution in [3.63, 3.8) is 0 Å². The van der Waals surface area contributed by atoms with Crippen LogP contribution in [0.25, 0.3) is 0 Å². The van der Waals surface area contributed by atoms with Crippen molar-refractivity contribution in [2.45, 2.75) is 80.8 Å². The van der Waals surface area contributed by atoms with Gasteiger partial charge in [0.2, 0.25) is 5.91 Å². The lowest BCUT2D eigenvalue weighted by Crippen LogP contribution is -2.71. The van der Waals surface area contributed by atoms with Crippen LogP contribution in [-0.2, 0) is 16.4 Å². The van der Waals surface area contributed by atoms with Crippen LogP contribution in [0.1, 0.15) is 80.3 Å². The third kappa shape index (κ3) is 3.95. The molecule has 1 aromatic heterocycles. The van der Waals surface area contributed by atoms with Crippen molar-refractivity contribution < 1.29 is 40.8 Å². The zero-order chi connectivity index (χ0) is 27.6. The number of amides is 1. The Bertz CT molecular complexity index is 1270. The van der Waals surface area contributed by atoms with Crippen molar-refractivity contribution in [2.24, 2.45) is 11.3 Å². The van der Waals surface area contributed by atoms with Crippen molar-refractivity contribution >= 4 is 5.91 Å². The Hall–Kier alpha value is -3.14. The average Bonchev–Trinajstić information content (AvgIpc) is 3.34. The maximum atomic E-state index is 14.8. The molecule has 2 unspecified atom stereocenters. The van der Waals surface area contributed by atoms with Crippen LogP contribution in [0.4, 0.5) is 26.3 Å². The van der Waals surface area contributed by atoms with Crippen molar-refractivity contribution in [1.29, 1.82) is 5.26 Å². The molecule has 204 valence electrons. The lowest BCUT2D eigenvalue weighted by atomic mass is 9.44. The minimum atomic E-state index is -5.21. The molecule has 2 bridgehead atoms. The fraction of sp³-hybridized carbons (Fsp3) is 0.600. The van der Waals surface area contributed by atoms with Crippen LogP contribution in [0, 0.1) is 22.7 Å². The SMILES string of the molecule is N#Cc1cccc(C(NC(=O)C2CCC2)C23CCC(c4noc(C(F)(F)F)n4)(CC2)CC3(O)C(F)(F)F)c1. The molecule has 1 aromatic carbocycles. The van der Waals surface area contributed by atoms with E-state index in [1.165, 1.54) is 24.3 Å². The number of fused-ring (bicyclic) bond motifs is 3. The molecule has 13 heteroatoms. The van der Waals surface area contributed by atoms with Gasteiger partial charge in [-0.15, -0.1) is 0 Å². The van der Waals surface area contributed by atoms with E-state index >= 15 is 0 Å². The Balaban J connectivity index is 1.60. The molecule has 4 fully saturated rings. The van der Waals surface area contributed by atoms with Crippen LogP contribution in [0.5, 0.6) is 0 Å². The van der Waals surface area contributed by atoms with Crippen LogP contribution in [0.3, 0.4) is 0 Å². The summed E-state index contributed by atoms with van der Waals surface area (Å²) in [5, 5.41) is 27.1. The molecule has 2 atom stereocenters. The van der Waals surface area contributed by atoms with E-state index in [-0.39, 0.29) is 42.7 Å². The third-order valence-corrected chi connectivity index (χ3v) is 8.79. The Labute approximate surface area is 213 Å². The second-order valence-corrected chi connectivity index (χ2v) is 10.7. The van der Waals surface area contributed by atoms with Gasteiger partial charge in [0.05, 0.1) is 17.7 Å². The summed E-state index contributed by atoms with van der Waals surface area (Å²) in [6.45, 7) is 0. The number of carbonyl (C=O) groups excluding carboxylic acids is 1. The van der Waals surface area contributed by atoms with Gasteiger partial charge in [0.15, 0.2) is 11.4 Å². The number of nitrogens with one attached hydrogen (secondary N) is 1. The van der Waals surface area contributed by atoms with Gasteiger partial charge in [-0.2, -0.15) is 36.6 Å². The lowest BCUT2D eigenvalue weighted by molar-refractivity contribution is -0.340. The number of alkyl halides is 6. The molecule has 4 aliphatic rings. The van der Waals surface area contributed by atoms with E-state index in [1.807, 2.05) is 6.07 Å². The summed E-state index contributed by atoms with van der Waals surface area (Å²) >= 11 is 0. The number of aromatic nitrogens is 2. The van der Waals surface area contributed by atoms with Gasteiger partial charge < -0.3 is 14.9 Å². The first-order valence-electron chi connectivity index (χ1n) is 12.3. The molecule has 38 heavy (non-hydrogen) atoms. The van der Waals surface area contributed by atoms with Crippen LogP contribution < -0.4 is 5.32 Å². The van der Waals surface area contributed by atoms with Crippen LogP contribution >= 0.6 is 0 Å². The first kappa shape index (κ1) is 26.5. The summed E-state index contributed by atoms with van der Waals surface area (Å²) < 4.78 is 88.1. The molecular weight excluding hydrogens is 518 g/mol. The van der Waals surface area contributed by atoms with Gasteiger partial charge in [0.1, 0.15) is 0 Å². The molecular formula is C25H24F6N4O3. The van der Waals surface area contributed by atoms with E-state index in [0.717, 1.165) is 6.42 Å². The quantitative estimate of drug-likeness (QED) is 0.508. The number of halogens is 6. The maximum Gasteiger partial charge on any atom is 0.471 e. The Kier molecular flexibility index (Phi) is 6.05. The average molecular weight is 542 g/mol. The van der Waals surface area contributed by atoms with Crippen molar-refractivity contribution in [3.8, 4) is 6.07 Å². The number of hydrogen-bond donors (Lipinski definition) is 2. The number of hydrogen-bond acceptors (Lipinski definition) is 6. The molecule has 0 aliphatic heterocycles. The smallest absolute Gasteiger partial charge is 0.380 e. The summed E-state index contributed by atoms with van der Waals surface area (Å²) in [4.78, 5) is 16.4. The minimum absolute atomic E-state index is 0.0596. The van der Waals surface area contributed by atoms with Gasteiger partial charge >= 0.3 is 18.2 Å². The first-order valence-corrected chi connectivity index (χ1v) is 12.3. The van der Waals surface area contributed by atoms with Crippen molar-refractivity contribution in [3.05, 3.63) is 47.1 Å². The summed E-state index contributed by atoms with van der Waals surface area (Å²) in [5.74, 6) is -2.99. The highest BCUT2D eigenvalue weighted by atomic mass is 19.4. The molecule has 2 aromatic rings. The third-order valence-electron chi connectivity index (χ3n) is 8.79. The Morgan fingerprint density at radius 3 is 2.37 bits per heavy atom. The number of rotatable bonds is 5. The number of carbonyl (C=O) groups is 1. The van der Waals surface area contributed by atoms with E-state index in [9.17, 15) is 41.5 Å². The highest BCUT2D eigenvalue weighted by Gasteiger charge is 2.75. The molecule has 1 heterocycles. The van der Waals surface area contributed by atoms with E-state index in [1.54, 1.807) is 0 Å². The summed E-state index contributed by atoms with van der Waals surface area (Å²) in [7, 11) is 0. The molecule has 1 amide bonds. The van der Waals surface area contributed by atoms with Crippen LogP contribution in [0.15, 0.2) is 28.8 Å². The topological polar surface area (TPSA) is 112 Å². The molecule has 6 rings (SSSR count). The number of benzene rings is 1. The van der Waals surface area contributed by atoms with E-state index in [0.29, 0.717) is 12.8 Å². The predicted molar refractivity (Wildman–Crippen MR) is 117 cm³/mol. The van der Waals surface area contributed by atoms with Crippen molar-refractivity contribution in [1.82, 2.24) is 15.5 Å². The maximum absolute atomic E-state index is 14.8. The summed E-state index contributed by atoms with van der Waals surface area (Å²) in [6.07, 6.45) is -9.86. The standard InChI is InChI=1S/C25H24F6N4O3/c26-24(27,28)20-34-19(35-38-20)21-7-9-22(10-8-21,23(37,13-21)25(29,30)31)17(33-18(36)15-4-2-5-15)16-6-1-3-14(11-16)12-32/h1,3,6,11,15,17,37H,2,4-5,7-10,13H2,(H,33,36). The zero-order valence-electron chi connectivity index (χ0n) is 20.0. The zero-order valence-corrected chi connectivity index (χ0v) is 20.0. The second-order valence-electron chi connectivity index (χ2n) is 10.7. The molecule has 2 N–H and O–H groups in total. The number of nitriles is 1. The fourth-order valence-electron chi connectivity index (χ4n) is 6.46. The monoisotopic (exact) mass is 542 g/mol. The van der Waals surface area contributed by atoms with E-state index < -0.39 is 58.9 Å². The molecule has 4 saturated carbocycles. The highest BCUT2D eigenvalue weighted by molar-refractivity contribution is 5.80. The summed E-state index contributed by atoms with van der Waals surface area (Å²) in [5.41, 5.74) is -6.54. The molecule has 0 spiro atoms. The van der Waals surface area contributed by atoms with Gasteiger partial charge in [-0.25, -0.2) is 0 Å². The van der Waals surface area contributed by atoms with Gasteiger partial charge in [0, 0.05) is 16.7 Å². The van der Waals surface area contributed by atoms with Crippen molar-refractivity contribution in [2.75, 3.05) is 0 Å². The van der Waals surface area contributed by atoms with Gasteiger partial charge in [-0.05, 0) is 62.6 Å². The highest BCUT2D eigenvalue weighted by Crippen LogP contribution is 2.69. The summed E-state index contributed by atoms with van der Waals surface area (Å²) in [6, 6.07) is 6.50. The minimum Gasteiger partial charge on any atom is -0.380 e. The number of aliphatic hydroxyl groups is 1. The first-order chi connectivity index (χ1) is 17.7. The van der Waals surface area contributed by atoms with Crippen LogP contribution in [-0.4, -0.2) is 32.9 Å². The normalized spacial score (nSPS) is 30.4. The second kappa shape index (κ2) is 8.69. The Morgan fingerprint density at radius 1 is 1.16 bits per heavy atom. The lowest BCUT2D eigenvalue weighted by Gasteiger charge is -2.63. The Morgan fingerprint density at radius 2 is 1.84 bits per heavy atom. The predicted octanol–water partition coefficient (Wildman–Crippen LogP) is 5.11. The molecule has 0 saturated heterocycles. The number of nitrogens with zero attached hydrogens (tertiary/aromatic N) is 3. The van der Waals surface area contributed by atoms with Gasteiger partial charge in [-0.1, -0.05) is 23.7 Å². The van der Waals surface area contributed by atoms with Crippen LogP contribution in [0.2, 0.25) is 0 Å². The van der Waals surface area contributed by atoms with E-state index in [2.05, 4.69) is 20.0 Å². The fourth-order valence-corrected chi connectivity index (χ4v) is 6.46. The molecule has 0 radical (unpaired) electrons. The molecule has 7 nitrogen and oxygen atoms in total. The largest absolute Gasteiger partial charge is 0.471 e. The molecule has 4 aliphatic carbocycles.